The third-order valence-corrected chi connectivity index (χ3v) is 6.09. The van der Waals surface area contributed by atoms with Crippen molar-refractivity contribution in [1.82, 2.24) is 25.0 Å². The summed E-state index contributed by atoms with van der Waals surface area (Å²) in [5, 5.41) is 7.15. The van der Waals surface area contributed by atoms with E-state index in [4.69, 9.17) is 5.73 Å². The number of hydrogen-bond acceptors (Lipinski definition) is 6. The molecule has 0 radical (unpaired) electrons. The summed E-state index contributed by atoms with van der Waals surface area (Å²) in [5.41, 5.74) is 8.56. The monoisotopic (exact) mass is 436 g/mol. The maximum absolute atomic E-state index is 12.9. The number of carbonyl (C=O) groups excluding carboxylic acids is 2. The van der Waals surface area contributed by atoms with Gasteiger partial charge in [-0.25, -0.2) is 4.98 Å². The number of hydrogen-bond donors (Lipinski definition) is 2. The van der Waals surface area contributed by atoms with E-state index in [1.165, 1.54) is 0 Å². The van der Waals surface area contributed by atoms with E-state index >= 15 is 0 Å². The molecule has 8 nitrogen and oxygen atoms in total. The van der Waals surface area contributed by atoms with Crippen LogP contribution in [0.25, 0.3) is 11.1 Å². The molecule has 9 heteroatoms. The molecular formula is C22H24N6O2S. The van der Waals surface area contributed by atoms with E-state index in [1.807, 2.05) is 43.8 Å². The number of thioether (sulfide) groups is 1. The zero-order chi connectivity index (χ0) is 22.0. The summed E-state index contributed by atoms with van der Waals surface area (Å²) in [6.07, 6.45) is 7.87. The van der Waals surface area contributed by atoms with Crippen LogP contribution in [0, 0.1) is 0 Å². The van der Waals surface area contributed by atoms with E-state index in [1.54, 1.807) is 39.8 Å². The average molecular weight is 437 g/mol. The summed E-state index contributed by atoms with van der Waals surface area (Å²) in [6.45, 7) is 1.06. The van der Waals surface area contributed by atoms with E-state index in [9.17, 15) is 9.59 Å². The second-order valence-electron chi connectivity index (χ2n) is 7.50. The third kappa shape index (κ3) is 4.56. The summed E-state index contributed by atoms with van der Waals surface area (Å²) in [6, 6.07) is 9.16. The number of nitrogens with zero attached hydrogens (tertiary/aromatic N) is 4. The molecule has 0 spiro atoms. The summed E-state index contributed by atoms with van der Waals surface area (Å²) in [7, 11) is 1.83. The normalized spacial score (nSPS) is 15.8. The number of rotatable bonds is 5. The molecule has 1 saturated heterocycles. The molecule has 0 aliphatic carbocycles. The van der Waals surface area contributed by atoms with Crippen LogP contribution in [0.2, 0.25) is 0 Å². The molecule has 1 fully saturated rings. The Labute approximate surface area is 184 Å². The Hall–Kier alpha value is -3.33. The third-order valence-electron chi connectivity index (χ3n) is 5.35. The van der Waals surface area contributed by atoms with Gasteiger partial charge in [0.25, 0.3) is 11.8 Å². The molecule has 0 unspecified atom stereocenters. The minimum absolute atomic E-state index is 0.0239. The van der Waals surface area contributed by atoms with Crippen molar-refractivity contribution >= 4 is 29.4 Å². The zero-order valence-electron chi connectivity index (χ0n) is 17.4. The lowest BCUT2D eigenvalue weighted by Crippen LogP contribution is -2.38. The maximum Gasteiger partial charge on any atom is 0.255 e. The van der Waals surface area contributed by atoms with Crippen LogP contribution in [0.3, 0.4) is 0 Å². The largest absolute Gasteiger partial charge is 0.383 e. The van der Waals surface area contributed by atoms with Crippen LogP contribution in [0.15, 0.2) is 53.8 Å². The van der Waals surface area contributed by atoms with E-state index in [-0.39, 0.29) is 23.7 Å². The number of nitrogen functional groups attached to an aromatic ring is 1. The van der Waals surface area contributed by atoms with Crippen molar-refractivity contribution in [1.29, 1.82) is 0 Å². The number of nitrogens with two attached hydrogens (primary N) is 1. The highest BCUT2D eigenvalue weighted by Gasteiger charge is 2.28. The van der Waals surface area contributed by atoms with Crippen molar-refractivity contribution in [3.8, 4) is 11.1 Å². The number of anilines is 1. The van der Waals surface area contributed by atoms with Gasteiger partial charge in [-0.15, -0.1) is 11.8 Å². The Morgan fingerprint density at radius 3 is 2.65 bits per heavy atom. The van der Waals surface area contributed by atoms with Crippen LogP contribution in [0.1, 0.15) is 27.1 Å². The smallest absolute Gasteiger partial charge is 0.255 e. The topological polar surface area (TPSA) is 106 Å². The first-order valence-corrected chi connectivity index (χ1v) is 11.2. The van der Waals surface area contributed by atoms with E-state index in [2.05, 4.69) is 15.4 Å². The van der Waals surface area contributed by atoms with Crippen molar-refractivity contribution in [2.45, 2.75) is 17.4 Å². The van der Waals surface area contributed by atoms with Crippen LogP contribution in [-0.4, -0.2) is 56.9 Å². The first-order chi connectivity index (χ1) is 14.9. The molecule has 0 saturated carbocycles. The van der Waals surface area contributed by atoms with Crippen LogP contribution in [0.4, 0.5) is 5.82 Å². The Morgan fingerprint density at radius 1 is 1.19 bits per heavy atom. The molecule has 1 aromatic carbocycles. The predicted octanol–water partition coefficient (Wildman–Crippen LogP) is 2.43. The minimum atomic E-state index is -0.292. The summed E-state index contributed by atoms with van der Waals surface area (Å²) < 4.78 is 1.68. The van der Waals surface area contributed by atoms with E-state index < -0.39 is 0 Å². The fourth-order valence-electron chi connectivity index (χ4n) is 3.63. The Bertz CT molecular complexity index is 1110. The van der Waals surface area contributed by atoms with Crippen LogP contribution in [0.5, 0.6) is 0 Å². The lowest BCUT2D eigenvalue weighted by Gasteiger charge is -2.18. The minimum Gasteiger partial charge on any atom is -0.383 e. The molecule has 0 bridgehead atoms. The standard InChI is InChI=1S/C22H24N6O2S/c1-27-12-16(11-25-27)15-9-19(20(23)24-10-15)21(29)26-17-7-8-28(13-17)22(30)14-3-5-18(31-2)6-4-14/h3-6,9-12,17H,7-8,13H2,1-2H3,(H2,23,24)(H,26,29)/t17-/m1/s1. The van der Waals surface area contributed by atoms with Gasteiger partial charge in [0, 0.05) is 60.2 Å². The van der Waals surface area contributed by atoms with E-state index in [0.717, 1.165) is 16.0 Å². The molecule has 1 atom stereocenters. The fourth-order valence-corrected chi connectivity index (χ4v) is 4.04. The number of aryl methyl sites for hydroxylation is 1. The van der Waals surface area contributed by atoms with Crippen LogP contribution >= 0.6 is 11.8 Å². The first kappa shape index (κ1) is 20.9. The number of carbonyl (C=O) groups is 2. The quantitative estimate of drug-likeness (QED) is 0.595. The Morgan fingerprint density at radius 2 is 1.97 bits per heavy atom. The highest BCUT2D eigenvalue weighted by atomic mass is 32.2. The van der Waals surface area contributed by atoms with Gasteiger partial charge in [0.1, 0.15) is 5.82 Å². The number of aromatic nitrogens is 3. The fraction of sp³-hybridized carbons (Fsp3) is 0.273. The van der Waals surface area contributed by atoms with Gasteiger partial charge in [-0.1, -0.05) is 0 Å². The van der Waals surface area contributed by atoms with E-state index in [0.29, 0.717) is 30.6 Å². The van der Waals surface area contributed by atoms with Gasteiger partial charge < -0.3 is 16.0 Å². The molecule has 3 aromatic rings. The maximum atomic E-state index is 12.9. The van der Waals surface area contributed by atoms with Gasteiger partial charge in [-0.3, -0.25) is 14.3 Å². The van der Waals surface area contributed by atoms with Crippen LogP contribution < -0.4 is 11.1 Å². The van der Waals surface area contributed by atoms with Crippen LogP contribution in [-0.2, 0) is 7.05 Å². The van der Waals surface area contributed by atoms with Crippen molar-refractivity contribution in [2.75, 3.05) is 25.1 Å². The summed E-state index contributed by atoms with van der Waals surface area (Å²) >= 11 is 1.64. The molecule has 31 heavy (non-hydrogen) atoms. The van der Waals surface area contributed by atoms with Gasteiger partial charge in [-0.2, -0.15) is 5.10 Å². The van der Waals surface area contributed by atoms with Crippen molar-refractivity contribution in [2.24, 2.45) is 7.05 Å². The average Bonchev–Trinajstić information content (AvgIpc) is 3.42. The highest BCUT2D eigenvalue weighted by molar-refractivity contribution is 7.98. The molecule has 4 rings (SSSR count). The van der Waals surface area contributed by atoms with Gasteiger partial charge in [0.15, 0.2) is 0 Å². The molecule has 3 N–H and O–H groups in total. The lowest BCUT2D eigenvalue weighted by atomic mass is 10.1. The molecule has 3 heterocycles. The number of nitrogens with one attached hydrogen (secondary N) is 1. The molecular weight excluding hydrogens is 412 g/mol. The van der Waals surface area contributed by atoms with Crippen molar-refractivity contribution in [3.63, 3.8) is 0 Å². The Balaban J connectivity index is 1.42. The SMILES string of the molecule is CSc1ccc(C(=O)N2CC[C@@H](NC(=O)c3cc(-c4cnn(C)c4)cnc3N)C2)cc1. The lowest BCUT2D eigenvalue weighted by molar-refractivity contribution is 0.0783. The second kappa shape index (κ2) is 8.81. The number of pyridine rings is 1. The number of likely N-dealkylation sites (tertiary alicyclic amines) is 1. The van der Waals surface area contributed by atoms with Gasteiger partial charge in [0.2, 0.25) is 0 Å². The number of benzene rings is 1. The molecule has 2 aromatic heterocycles. The predicted molar refractivity (Wildman–Crippen MR) is 121 cm³/mol. The highest BCUT2D eigenvalue weighted by Crippen LogP contribution is 2.22. The first-order valence-electron chi connectivity index (χ1n) is 9.93. The zero-order valence-corrected chi connectivity index (χ0v) is 18.2. The van der Waals surface area contributed by atoms with Gasteiger partial charge in [-0.05, 0) is 43.0 Å². The number of amides is 2. The molecule has 160 valence electrons. The van der Waals surface area contributed by atoms with Crippen molar-refractivity contribution in [3.05, 3.63) is 60.0 Å². The molecule has 2 amide bonds. The summed E-state index contributed by atoms with van der Waals surface area (Å²) in [5.74, 6) is -0.145. The molecule has 1 aliphatic heterocycles. The Kier molecular flexibility index (Phi) is 5.94. The summed E-state index contributed by atoms with van der Waals surface area (Å²) in [4.78, 5) is 32.7. The van der Waals surface area contributed by atoms with Gasteiger partial charge >= 0.3 is 0 Å². The second-order valence-corrected chi connectivity index (χ2v) is 8.38. The molecule has 1 aliphatic rings. The van der Waals surface area contributed by atoms with Crippen molar-refractivity contribution < 1.29 is 9.59 Å². The van der Waals surface area contributed by atoms with Gasteiger partial charge in [0.05, 0.1) is 11.8 Å².